The Hall–Kier alpha value is -2.57. The molecule has 2 heterocycles. The maximum absolute atomic E-state index is 12.9. The van der Waals surface area contributed by atoms with Crippen LogP contribution in [0.15, 0.2) is 42.5 Å². The summed E-state index contributed by atoms with van der Waals surface area (Å²) in [5.41, 5.74) is 2.53. The van der Waals surface area contributed by atoms with Crippen molar-refractivity contribution in [2.45, 2.75) is 25.2 Å². The highest BCUT2D eigenvalue weighted by molar-refractivity contribution is 6.32. The summed E-state index contributed by atoms with van der Waals surface area (Å²) >= 11 is 6.13. The zero-order valence-electron chi connectivity index (χ0n) is 16.8. The lowest BCUT2D eigenvalue weighted by Crippen LogP contribution is -2.46. The van der Waals surface area contributed by atoms with Crippen molar-refractivity contribution < 1.29 is 14.3 Å². The van der Waals surface area contributed by atoms with E-state index in [-0.39, 0.29) is 17.7 Å². The Balaban J connectivity index is 1.42. The lowest BCUT2D eigenvalue weighted by Gasteiger charge is -2.29. The minimum absolute atomic E-state index is 0.0145. The van der Waals surface area contributed by atoms with Crippen molar-refractivity contribution in [1.29, 1.82) is 0 Å². The first-order valence-electron chi connectivity index (χ1n) is 10.4. The molecular weight excluding hydrogens is 402 g/mol. The first-order valence-corrected chi connectivity index (χ1v) is 10.8. The van der Waals surface area contributed by atoms with Crippen LogP contribution >= 0.6 is 11.6 Å². The Kier molecular flexibility index (Phi) is 6.55. The van der Waals surface area contributed by atoms with Crippen LogP contribution < -0.4 is 15.4 Å². The Bertz CT molecular complexity index is 928. The summed E-state index contributed by atoms with van der Waals surface area (Å²) < 4.78 is 5.78. The van der Waals surface area contributed by atoms with E-state index < -0.39 is 0 Å². The topological polar surface area (TPSA) is 70.7 Å². The number of piperazine rings is 1. The predicted octanol–water partition coefficient (Wildman–Crippen LogP) is 3.67. The minimum Gasteiger partial charge on any atom is -0.492 e. The fraction of sp³-hybridized carbons (Fsp3) is 0.391. The van der Waals surface area contributed by atoms with Crippen molar-refractivity contribution in [3.8, 4) is 5.75 Å². The molecule has 2 aromatic carbocycles. The fourth-order valence-corrected chi connectivity index (χ4v) is 4.25. The summed E-state index contributed by atoms with van der Waals surface area (Å²) in [5, 5.41) is 6.80. The number of anilines is 1. The number of rotatable bonds is 6. The number of nitrogens with one attached hydrogen (secondary N) is 2. The van der Waals surface area contributed by atoms with Gasteiger partial charge in [0.05, 0.1) is 11.6 Å². The highest BCUT2D eigenvalue weighted by atomic mass is 35.5. The Morgan fingerprint density at radius 3 is 2.77 bits per heavy atom. The van der Waals surface area contributed by atoms with Gasteiger partial charge in [0.2, 0.25) is 5.91 Å². The van der Waals surface area contributed by atoms with Crippen LogP contribution in [0.4, 0.5) is 5.69 Å². The van der Waals surface area contributed by atoms with E-state index in [0.29, 0.717) is 29.4 Å². The van der Waals surface area contributed by atoms with Gasteiger partial charge in [0, 0.05) is 43.9 Å². The maximum atomic E-state index is 12.9. The van der Waals surface area contributed by atoms with Crippen LogP contribution in [0.3, 0.4) is 0 Å². The molecule has 0 bridgehead atoms. The SMILES string of the molecule is O=C1CC(CCCOc2ccccc2Cl)c2cc(C(=O)N3CCNCC3)ccc2N1. The van der Waals surface area contributed by atoms with Crippen LogP contribution in [0.2, 0.25) is 5.02 Å². The van der Waals surface area contributed by atoms with E-state index in [1.54, 1.807) is 6.07 Å². The van der Waals surface area contributed by atoms with E-state index in [0.717, 1.165) is 50.3 Å². The number of halogens is 1. The summed E-state index contributed by atoms with van der Waals surface area (Å²) in [7, 11) is 0. The minimum atomic E-state index is 0.0145. The van der Waals surface area contributed by atoms with Gasteiger partial charge < -0.3 is 20.3 Å². The summed E-state index contributed by atoms with van der Waals surface area (Å²) in [5.74, 6) is 0.807. The van der Waals surface area contributed by atoms with Crippen LogP contribution in [0.5, 0.6) is 5.75 Å². The molecule has 0 saturated carbocycles. The molecule has 2 aromatic rings. The van der Waals surface area contributed by atoms with Gasteiger partial charge >= 0.3 is 0 Å². The molecule has 6 nitrogen and oxygen atoms in total. The van der Waals surface area contributed by atoms with E-state index in [1.165, 1.54) is 0 Å². The van der Waals surface area contributed by atoms with Crippen LogP contribution in [-0.2, 0) is 4.79 Å². The molecule has 1 fully saturated rings. The molecule has 158 valence electrons. The molecule has 1 unspecified atom stereocenters. The molecule has 2 amide bonds. The van der Waals surface area contributed by atoms with Gasteiger partial charge in [-0.15, -0.1) is 0 Å². The molecule has 0 spiro atoms. The largest absolute Gasteiger partial charge is 0.492 e. The molecule has 2 aliphatic rings. The normalized spacial score (nSPS) is 18.5. The predicted molar refractivity (Wildman–Crippen MR) is 117 cm³/mol. The molecule has 4 rings (SSSR count). The quantitative estimate of drug-likeness (QED) is 0.690. The first kappa shape index (κ1) is 20.7. The Morgan fingerprint density at radius 2 is 1.97 bits per heavy atom. The average molecular weight is 428 g/mol. The summed E-state index contributed by atoms with van der Waals surface area (Å²) in [6.07, 6.45) is 2.01. The number of carbonyl (C=O) groups excluding carboxylic acids is 2. The van der Waals surface area contributed by atoms with Gasteiger partial charge in [-0.2, -0.15) is 0 Å². The molecule has 2 N–H and O–H groups in total. The third-order valence-electron chi connectivity index (χ3n) is 5.64. The molecule has 30 heavy (non-hydrogen) atoms. The third kappa shape index (κ3) is 4.77. The van der Waals surface area contributed by atoms with Crippen molar-refractivity contribution in [1.82, 2.24) is 10.2 Å². The second kappa shape index (κ2) is 9.49. The van der Waals surface area contributed by atoms with Gasteiger partial charge in [-0.3, -0.25) is 9.59 Å². The Labute approximate surface area is 181 Å². The van der Waals surface area contributed by atoms with E-state index >= 15 is 0 Å². The molecule has 1 atom stereocenters. The third-order valence-corrected chi connectivity index (χ3v) is 5.95. The molecule has 1 saturated heterocycles. The lowest BCUT2D eigenvalue weighted by molar-refractivity contribution is -0.116. The second-order valence-electron chi connectivity index (χ2n) is 7.71. The van der Waals surface area contributed by atoms with Crippen LogP contribution in [0.1, 0.15) is 41.1 Å². The average Bonchev–Trinajstić information content (AvgIpc) is 2.77. The van der Waals surface area contributed by atoms with Gasteiger partial charge in [0.1, 0.15) is 5.75 Å². The first-order chi connectivity index (χ1) is 14.6. The molecule has 7 heteroatoms. The molecule has 0 radical (unpaired) electrons. The van der Waals surface area contributed by atoms with Crippen LogP contribution in [-0.4, -0.2) is 49.5 Å². The fourth-order valence-electron chi connectivity index (χ4n) is 4.06. The van der Waals surface area contributed by atoms with Crippen molar-refractivity contribution in [3.05, 3.63) is 58.6 Å². The molecule has 0 aliphatic carbocycles. The van der Waals surface area contributed by atoms with Crippen molar-refractivity contribution in [3.63, 3.8) is 0 Å². The molecule has 0 aromatic heterocycles. The van der Waals surface area contributed by atoms with Gasteiger partial charge in [0.25, 0.3) is 5.91 Å². The summed E-state index contributed by atoms with van der Waals surface area (Å²) in [4.78, 5) is 26.9. The smallest absolute Gasteiger partial charge is 0.253 e. The van der Waals surface area contributed by atoms with E-state index in [9.17, 15) is 9.59 Å². The van der Waals surface area contributed by atoms with E-state index in [4.69, 9.17) is 16.3 Å². The number of nitrogens with zero attached hydrogens (tertiary/aromatic N) is 1. The van der Waals surface area contributed by atoms with Gasteiger partial charge in [-0.1, -0.05) is 23.7 Å². The summed E-state index contributed by atoms with van der Waals surface area (Å²) in [6.45, 7) is 3.60. The van der Waals surface area contributed by atoms with Gasteiger partial charge in [-0.25, -0.2) is 0 Å². The Morgan fingerprint density at radius 1 is 1.17 bits per heavy atom. The van der Waals surface area contributed by atoms with Crippen molar-refractivity contribution in [2.24, 2.45) is 0 Å². The van der Waals surface area contributed by atoms with Crippen molar-refractivity contribution in [2.75, 3.05) is 38.1 Å². The van der Waals surface area contributed by atoms with E-state index in [2.05, 4.69) is 10.6 Å². The van der Waals surface area contributed by atoms with E-state index in [1.807, 2.05) is 41.3 Å². The highest BCUT2D eigenvalue weighted by Crippen LogP contribution is 2.36. The number of hydrogen-bond acceptors (Lipinski definition) is 4. The maximum Gasteiger partial charge on any atom is 0.253 e. The number of hydrogen-bond donors (Lipinski definition) is 2. The number of amides is 2. The van der Waals surface area contributed by atoms with Crippen LogP contribution in [0.25, 0.3) is 0 Å². The van der Waals surface area contributed by atoms with Gasteiger partial charge in [-0.05, 0) is 54.7 Å². The zero-order chi connectivity index (χ0) is 20.9. The lowest BCUT2D eigenvalue weighted by atomic mass is 9.86. The molecule has 2 aliphatic heterocycles. The zero-order valence-corrected chi connectivity index (χ0v) is 17.6. The van der Waals surface area contributed by atoms with Crippen molar-refractivity contribution >= 4 is 29.1 Å². The highest BCUT2D eigenvalue weighted by Gasteiger charge is 2.27. The number of ether oxygens (including phenoxy) is 1. The number of carbonyl (C=O) groups is 2. The second-order valence-corrected chi connectivity index (χ2v) is 8.12. The van der Waals surface area contributed by atoms with Crippen LogP contribution in [0, 0.1) is 0 Å². The molecular formula is C23H26ClN3O3. The number of benzene rings is 2. The number of fused-ring (bicyclic) bond motifs is 1. The number of para-hydroxylation sites is 1. The monoisotopic (exact) mass is 427 g/mol. The standard InChI is InChI=1S/C23H26ClN3O3/c24-19-5-1-2-6-21(19)30-13-3-4-16-15-22(28)26-20-8-7-17(14-18(16)20)23(29)27-11-9-25-10-12-27/h1-2,5-8,14,16,25H,3-4,9-13,15H2,(H,26,28). The van der Waals surface area contributed by atoms with Gasteiger partial charge in [0.15, 0.2) is 0 Å². The summed E-state index contributed by atoms with van der Waals surface area (Å²) in [6, 6.07) is 13.0.